The number of aryl methyl sites for hydroxylation is 2. The summed E-state index contributed by atoms with van der Waals surface area (Å²) in [6.07, 6.45) is 0.555. The van der Waals surface area contributed by atoms with Gasteiger partial charge in [0, 0.05) is 19.0 Å². The Morgan fingerprint density at radius 1 is 1.50 bits per heavy atom. The monoisotopic (exact) mass is 269 g/mol. The van der Waals surface area contributed by atoms with E-state index in [1.165, 1.54) is 12.1 Å². The maximum atomic E-state index is 12.7. The molecule has 4 nitrogen and oxygen atoms in total. The van der Waals surface area contributed by atoms with E-state index in [0.717, 1.165) is 17.5 Å². The SMILES string of the molecule is Cc1nn(C)c(Cl)c1CC(O)c1ccc(F)cn1. The molecule has 0 radical (unpaired) electrons. The van der Waals surface area contributed by atoms with E-state index in [9.17, 15) is 9.50 Å². The van der Waals surface area contributed by atoms with E-state index in [4.69, 9.17) is 11.6 Å². The number of hydrogen-bond acceptors (Lipinski definition) is 3. The quantitative estimate of drug-likeness (QED) is 0.929. The summed E-state index contributed by atoms with van der Waals surface area (Å²) in [5.41, 5.74) is 1.96. The van der Waals surface area contributed by atoms with Crippen LogP contribution in [0.4, 0.5) is 4.39 Å². The van der Waals surface area contributed by atoms with Gasteiger partial charge in [-0.2, -0.15) is 5.10 Å². The van der Waals surface area contributed by atoms with E-state index in [-0.39, 0.29) is 0 Å². The summed E-state index contributed by atoms with van der Waals surface area (Å²) in [5.74, 6) is -0.429. The Kier molecular flexibility index (Phi) is 3.63. The third-order valence-corrected chi connectivity index (χ3v) is 3.23. The van der Waals surface area contributed by atoms with Crippen LogP contribution in [0.25, 0.3) is 0 Å². The van der Waals surface area contributed by atoms with E-state index in [1.54, 1.807) is 11.7 Å². The number of aliphatic hydroxyl groups is 1. The van der Waals surface area contributed by atoms with Gasteiger partial charge in [0.25, 0.3) is 0 Å². The highest BCUT2D eigenvalue weighted by Gasteiger charge is 2.17. The molecule has 0 fully saturated rings. The summed E-state index contributed by atoms with van der Waals surface area (Å²) in [4.78, 5) is 3.85. The number of hydrogen-bond donors (Lipinski definition) is 1. The van der Waals surface area contributed by atoms with E-state index in [1.807, 2.05) is 6.92 Å². The van der Waals surface area contributed by atoms with Crippen molar-refractivity contribution in [2.45, 2.75) is 19.4 Å². The Labute approximate surface area is 109 Å². The Hall–Kier alpha value is -1.46. The Morgan fingerprint density at radius 2 is 2.22 bits per heavy atom. The van der Waals surface area contributed by atoms with Gasteiger partial charge >= 0.3 is 0 Å². The molecule has 0 aromatic carbocycles. The molecule has 1 N–H and O–H groups in total. The van der Waals surface area contributed by atoms with E-state index in [2.05, 4.69) is 10.1 Å². The van der Waals surface area contributed by atoms with Gasteiger partial charge in [-0.25, -0.2) is 4.39 Å². The molecule has 0 amide bonds. The lowest BCUT2D eigenvalue weighted by atomic mass is 10.1. The average molecular weight is 270 g/mol. The molecular formula is C12H13ClFN3O. The first kappa shape index (κ1) is 13.0. The van der Waals surface area contributed by atoms with Crippen LogP contribution >= 0.6 is 11.6 Å². The molecule has 2 heterocycles. The van der Waals surface area contributed by atoms with Gasteiger partial charge in [0.2, 0.25) is 0 Å². The standard InChI is InChI=1S/C12H13ClFN3O/c1-7-9(12(13)17(2)16-7)5-11(18)10-4-3-8(14)6-15-10/h3-4,6,11,18H,5H2,1-2H3. The summed E-state index contributed by atoms with van der Waals surface area (Å²) in [7, 11) is 1.74. The molecule has 0 saturated carbocycles. The van der Waals surface area contributed by atoms with Gasteiger partial charge in [0.05, 0.1) is 17.6 Å². The molecule has 1 atom stereocenters. The Bertz CT molecular complexity index is 553. The smallest absolute Gasteiger partial charge is 0.141 e. The number of nitrogens with zero attached hydrogens (tertiary/aromatic N) is 3. The van der Waals surface area contributed by atoms with Gasteiger partial charge in [0.1, 0.15) is 17.1 Å². The van der Waals surface area contributed by atoms with Crippen LogP contribution in [0.1, 0.15) is 23.1 Å². The van der Waals surface area contributed by atoms with Crippen molar-refractivity contribution in [3.05, 3.63) is 46.3 Å². The summed E-state index contributed by atoms with van der Waals surface area (Å²) in [6, 6.07) is 2.73. The zero-order valence-electron chi connectivity index (χ0n) is 10.1. The zero-order chi connectivity index (χ0) is 13.3. The highest BCUT2D eigenvalue weighted by Crippen LogP contribution is 2.24. The number of halogens is 2. The predicted octanol–water partition coefficient (Wildman–Crippen LogP) is 2.19. The van der Waals surface area contributed by atoms with E-state index >= 15 is 0 Å². The number of aromatic nitrogens is 3. The predicted molar refractivity (Wildman–Crippen MR) is 65.8 cm³/mol. The lowest BCUT2D eigenvalue weighted by Gasteiger charge is -2.09. The molecule has 18 heavy (non-hydrogen) atoms. The minimum Gasteiger partial charge on any atom is -0.386 e. The van der Waals surface area contributed by atoms with Gasteiger partial charge in [-0.3, -0.25) is 9.67 Å². The second kappa shape index (κ2) is 5.04. The fourth-order valence-corrected chi connectivity index (χ4v) is 2.04. The highest BCUT2D eigenvalue weighted by atomic mass is 35.5. The molecule has 0 aliphatic rings. The van der Waals surface area contributed by atoms with Crippen molar-refractivity contribution >= 4 is 11.6 Å². The van der Waals surface area contributed by atoms with Crippen LogP contribution in [0.15, 0.2) is 18.3 Å². The summed E-state index contributed by atoms with van der Waals surface area (Å²) in [5, 5.41) is 14.7. The Morgan fingerprint density at radius 3 is 2.72 bits per heavy atom. The van der Waals surface area contributed by atoms with Gasteiger partial charge in [-0.05, 0) is 19.1 Å². The fraction of sp³-hybridized carbons (Fsp3) is 0.333. The largest absolute Gasteiger partial charge is 0.386 e. The van der Waals surface area contributed by atoms with Crippen LogP contribution in [-0.2, 0) is 13.5 Å². The van der Waals surface area contributed by atoms with E-state index in [0.29, 0.717) is 17.3 Å². The van der Waals surface area contributed by atoms with Gasteiger partial charge in [-0.15, -0.1) is 0 Å². The van der Waals surface area contributed by atoms with Crippen molar-refractivity contribution in [1.29, 1.82) is 0 Å². The second-order valence-corrected chi connectivity index (χ2v) is 4.46. The molecule has 1 unspecified atom stereocenters. The lowest BCUT2D eigenvalue weighted by Crippen LogP contribution is -2.05. The molecule has 0 aliphatic heterocycles. The van der Waals surface area contributed by atoms with Crippen LogP contribution < -0.4 is 0 Å². The summed E-state index contributed by atoms with van der Waals surface area (Å²) in [6.45, 7) is 1.83. The van der Waals surface area contributed by atoms with Crippen LogP contribution in [0.2, 0.25) is 5.15 Å². The molecule has 0 bridgehead atoms. The zero-order valence-corrected chi connectivity index (χ0v) is 10.8. The average Bonchev–Trinajstić information content (AvgIpc) is 2.57. The molecule has 0 saturated heterocycles. The summed E-state index contributed by atoms with van der Waals surface area (Å²) < 4.78 is 14.3. The molecule has 6 heteroatoms. The minimum atomic E-state index is -0.828. The molecule has 2 aromatic heterocycles. The maximum Gasteiger partial charge on any atom is 0.141 e. The maximum absolute atomic E-state index is 12.7. The van der Waals surface area contributed by atoms with Gasteiger partial charge in [-0.1, -0.05) is 11.6 Å². The lowest BCUT2D eigenvalue weighted by molar-refractivity contribution is 0.173. The fourth-order valence-electron chi connectivity index (χ4n) is 1.79. The number of rotatable bonds is 3. The minimum absolute atomic E-state index is 0.303. The van der Waals surface area contributed by atoms with Crippen LogP contribution in [0.5, 0.6) is 0 Å². The first-order valence-corrected chi connectivity index (χ1v) is 5.84. The van der Waals surface area contributed by atoms with Crippen LogP contribution in [0.3, 0.4) is 0 Å². The first-order chi connectivity index (χ1) is 8.49. The topological polar surface area (TPSA) is 50.9 Å². The molecule has 2 rings (SSSR count). The first-order valence-electron chi connectivity index (χ1n) is 5.46. The normalized spacial score (nSPS) is 12.7. The van der Waals surface area contributed by atoms with Crippen molar-refractivity contribution < 1.29 is 9.50 Å². The summed E-state index contributed by atoms with van der Waals surface area (Å²) >= 11 is 6.08. The van der Waals surface area contributed by atoms with Crippen LogP contribution in [0, 0.1) is 12.7 Å². The molecule has 0 spiro atoms. The third-order valence-electron chi connectivity index (χ3n) is 2.76. The van der Waals surface area contributed by atoms with Crippen molar-refractivity contribution in [3.8, 4) is 0 Å². The highest BCUT2D eigenvalue weighted by molar-refractivity contribution is 6.30. The van der Waals surface area contributed by atoms with Crippen LogP contribution in [-0.4, -0.2) is 19.9 Å². The molecule has 96 valence electrons. The second-order valence-electron chi connectivity index (χ2n) is 4.10. The number of pyridine rings is 1. The third kappa shape index (κ3) is 2.52. The van der Waals surface area contributed by atoms with Crippen molar-refractivity contribution in [2.75, 3.05) is 0 Å². The van der Waals surface area contributed by atoms with Crippen molar-refractivity contribution in [2.24, 2.45) is 7.05 Å². The molecule has 0 aliphatic carbocycles. The Balaban J connectivity index is 2.21. The molecule has 2 aromatic rings. The number of aliphatic hydroxyl groups excluding tert-OH is 1. The van der Waals surface area contributed by atoms with Crippen molar-refractivity contribution in [1.82, 2.24) is 14.8 Å². The van der Waals surface area contributed by atoms with E-state index < -0.39 is 11.9 Å². The van der Waals surface area contributed by atoms with Crippen molar-refractivity contribution in [3.63, 3.8) is 0 Å². The molecular weight excluding hydrogens is 257 g/mol. The van der Waals surface area contributed by atoms with Gasteiger partial charge in [0.15, 0.2) is 0 Å². The van der Waals surface area contributed by atoms with Gasteiger partial charge < -0.3 is 5.11 Å².